The van der Waals surface area contributed by atoms with Gasteiger partial charge >= 0.3 is 0 Å². The van der Waals surface area contributed by atoms with Crippen LogP contribution in [0.4, 0.5) is 0 Å². The number of allylic oxidation sites excluding steroid dienone is 2. The number of carbonyl (C=O) groups excluding carboxylic acids is 1. The number of benzene rings is 1. The molecule has 1 aromatic carbocycles. The summed E-state index contributed by atoms with van der Waals surface area (Å²) in [5.41, 5.74) is 4.23. The van der Waals surface area contributed by atoms with Crippen LogP contribution in [0.5, 0.6) is 0 Å². The molecule has 1 fully saturated rings. The van der Waals surface area contributed by atoms with Crippen molar-refractivity contribution in [1.82, 2.24) is 0 Å². The largest absolute Gasteiger partial charge is 0.511 e. The Bertz CT molecular complexity index is 897. The van der Waals surface area contributed by atoms with Crippen LogP contribution in [0.2, 0.25) is 8.67 Å². The third-order valence-electron chi connectivity index (χ3n) is 5.42. The quantitative estimate of drug-likeness (QED) is 0.642. The van der Waals surface area contributed by atoms with Crippen LogP contribution in [0.1, 0.15) is 37.3 Å². The van der Waals surface area contributed by atoms with Gasteiger partial charge in [0.25, 0.3) is 0 Å². The molecule has 25 heavy (non-hydrogen) atoms. The maximum atomic E-state index is 12.9. The fourth-order valence-corrected chi connectivity index (χ4v) is 5.60. The van der Waals surface area contributed by atoms with Crippen molar-refractivity contribution >= 4 is 45.9 Å². The van der Waals surface area contributed by atoms with Crippen LogP contribution >= 0.6 is 34.5 Å². The maximum absolute atomic E-state index is 12.9. The molecule has 5 heteroatoms. The Labute approximate surface area is 161 Å². The van der Waals surface area contributed by atoms with E-state index in [1.165, 1.54) is 11.3 Å². The van der Waals surface area contributed by atoms with Crippen molar-refractivity contribution in [2.75, 3.05) is 0 Å². The van der Waals surface area contributed by atoms with Gasteiger partial charge in [0.05, 0.1) is 9.91 Å². The van der Waals surface area contributed by atoms with Gasteiger partial charge in [0, 0.05) is 17.4 Å². The second kappa shape index (κ2) is 6.46. The van der Waals surface area contributed by atoms with Gasteiger partial charge in [-0.15, -0.1) is 11.3 Å². The molecule has 2 aliphatic rings. The summed E-state index contributed by atoms with van der Waals surface area (Å²) in [5.74, 6) is 0.557. The molecule has 130 valence electrons. The molecule has 0 aliphatic heterocycles. The summed E-state index contributed by atoms with van der Waals surface area (Å²) in [5, 5.41) is 10.7. The van der Waals surface area contributed by atoms with E-state index >= 15 is 0 Å². The molecule has 1 N–H and O–H groups in total. The molecule has 4 rings (SSSR count). The minimum atomic E-state index is 0.0587. The Hall–Kier alpha value is -1.29. The molecule has 0 saturated heterocycles. The van der Waals surface area contributed by atoms with Crippen molar-refractivity contribution < 1.29 is 9.90 Å². The monoisotopic (exact) mass is 392 g/mol. The number of carbonyl (C=O) groups is 1. The minimum Gasteiger partial charge on any atom is -0.511 e. The Morgan fingerprint density at radius 3 is 2.60 bits per heavy atom. The van der Waals surface area contributed by atoms with E-state index in [4.69, 9.17) is 23.2 Å². The van der Waals surface area contributed by atoms with Gasteiger partial charge in [-0.25, -0.2) is 0 Å². The second-order valence-electron chi connectivity index (χ2n) is 6.79. The Kier molecular flexibility index (Phi) is 4.43. The van der Waals surface area contributed by atoms with Crippen LogP contribution in [-0.2, 0) is 11.2 Å². The highest BCUT2D eigenvalue weighted by atomic mass is 35.5. The van der Waals surface area contributed by atoms with Gasteiger partial charge in [-0.05, 0) is 54.5 Å². The molecule has 2 aliphatic carbocycles. The van der Waals surface area contributed by atoms with Crippen molar-refractivity contribution in [3.05, 3.63) is 49.8 Å². The van der Waals surface area contributed by atoms with Crippen molar-refractivity contribution in [3.8, 4) is 11.1 Å². The lowest BCUT2D eigenvalue weighted by molar-refractivity contribution is -0.117. The van der Waals surface area contributed by atoms with E-state index in [9.17, 15) is 9.90 Å². The smallest absolute Gasteiger partial charge is 0.169 e. The van der Waals surface area contributed by atoms with Crippen molar-refractivity contribution in [2.24, 2.45) is 11.8 Å². The van der Waals surface area contributed by atoms with Crippen LogP contribution < -0.4 is 0 Å². The molecule has 0 spiro atoms. The summed E-state index contributed by atoms with van der Waals surface area (Å²) < 4.78 is 1.27. The second-order valence-corrected chi connectivity index (χ2v) is 9.08. The number of Topliss-reactive ketones (excluding diaryl/α,β-unsaturated/α-hetero) is 1. The van der Waals surface area contributed by atoms with E-state index < -0.39 is 0 Å². The standard InChI is InChI=1S/C20H18Cl2O2S/c1-2-10-3-4-11(15-9-16(21)25-20(15)22)8-14(10)17-18(23)12-5-6-13(7-12)19(17)24/h3-4,8-9,12-13,23H,2,5-7H2,1H3. The van der Waals surface area contributed by atoms with E-state index in [-0.39, 0.29) is 23.4 Å². The molecule has 2 atom stereocenters. The molecule has 2 nitrogen and oxygen atoms in total. The predicted molar refractivity (Wildman–Crippen MR) is 105 cm³/mol. The van der Waals surface area contributed by atoms with Crippen molar-refractivity contribution in [3.63, 3.8) is 0 Å². The zero-order chi connectivity index (χ0) is 17.7. The van der Waals surface area contributed by atoms with E-state index in [1.807, 2.05) is 24.3 Å². The van der Waals surface area contributed by atoms with Crippen LogP contribution in [0.3, 0.4) is 0 Å². The summed E-state index contributed by atoms with van der Waals surface area (Å²) in [6.07, 6.45) is 3.37. The first-order valence-corrected chi connectivity index (χ1v) is 10.1. The Balaban J connectivity index is 1.89. The summed E-state index contributed by atoms with van der Waals surface area (Å²) >= 11 is 13.7. The minimum absolute atomic E-state index is 0.0587. The third kappa shape index (κ3) is 2.83. The van der Waals surface area contributed by atoms with Gasteiger partial charge in [-0.1, -0.05) is 42.3 Å². The average Bonchev–Trinajstić information content (AvgIpc) is 3.18. The molecule has 2 unspecified atom stereocenters. The number of halogens is 2. The Morgan fingerprint density at radius 1 is 1.16 bits per heavy atom. The summed E-state index contributed by atoms with van der Waals surface area (Å²) in [4.78, 5) is 12.9. The number of hydrogen-bond donors (Lipinski definition) is 1. The number of rotatable bonds is 3. The van der Waals surface area contributed by atoms with Gasteiger partial charge in [-0.2, -0.15) is 0 Å². The zero-order valence-corrected chi connectivity index (χ0v) is 16.1. The van der Waals surface area contributed by atoms with Gasteiger partial charge < -0.3 is 5.11 Å². The number of aliphatic hydroxyl groups is 1. The lowest BCUT2D eigenvalue weighted by Crippen LogP contribution is -2.22. The molecule has 1 aromatic heterocycles. The van der Waals surface area contributed by atoms with E-state index in [1.54, 1.807) is 0 Å². The molecule has 2 bridgehead atoms. The average molecular weight is 393 g/mol. The van der Waals surface area contributed by atoms with Gasteiger partial charge in [0.15, 0.2) is 5.78 Å². The lowest BCUT2D eigenvalue weighted by atomic mass is 9.81. The number of hydrogen-bond acceptors (Lipinski definition) is 3. The first-order chi connectivity index (χ1) is 12.0. The number of aliphatic hydroxyl groups excluding tert-OH is 1. The predicted octanol–water partition coefficient (Wildman–Crippen LogP) is 6.55. The molecule has 0 amide bonds. The van der Waals surface area contributed by atoms with Crippen LogP contribution in [-0.4, -0.2) is 10.9 Å². The van der Waals surface area contributed by atoms with Crippen molar-refractivity contribution in [2.45, 2.75) is 32.6 Å². The topological polar surface area (TPSA) is 37.3 Å². The number of thiophene rings is 1. The summed E-state index contributed by atoms with van der Waals surface area (Å²) in [6, 6.07) is 7.86. The van der Waals surface area contributed by atoms with E-state index in [0.717, 1.165) is 47.9 Å². The SMILES string of the molecule is CCc1ccc(-c2cc(Cl)sc2Cl)cc1C1=C(O)C2CCC(C2)C1=O. The third-order valence-corrected chi connectivity index (χ3v) is 6.91. The van der Waals surface area contributed by atoms with Gasteiger partial charge in [0.2, 0.25) is 0 Å². The fourth-order valence-electron chi connectivity index (χ4n) is 4.10. The fraction of sp³-hybridized carbons (Fsp3) is 0.350. The number of fused-ring (bicyclic) bond motifs is 2. The maximum Gasteiger partial charge on any atom is 0.169 e. The number of ketones is 1. The van der Waals surface area contributed by atoms with Crippen LogP contribution in [0, 0.1) is 11.8 Å². The molecule has 0 radical (unpaired) electrons. The zero-order valence-electron chi connectivity index (χ0n) is 13.8. The first-order valence-electron chi connectivity index (χ1n) is 8.55. The first kappa shape index (κ1) is 17.1. The van der Waals surface area contributed by atoms with Crippen molar-refractivity contribution in [1.29, 1.82) is 0 Å². The van der Waals surface area contributed by atoms with Gasteiger partial charge in [0.1, 0.15) is 10.1 Å². The molecular weight excluding hydrogens is 375 g/mol. The van der Waals surface area contributed by atoms with E-state index in [2.05, 4.69) is 6.92 Å². The van der Waals surface area contributed by atoms with Crippen LogP contribution in [0.15, 0.2) is 30.0 Å². The highest BCUT2D eigenvalue weighted by Crippen LogP contribution is 2.47. The van der Waals surface area contributed by atoms with E-state index in [0.29, 0.717) is 14.2 Å². The normalized spacial score (nSPS) is 22.8. The van der Waals surface area contributed by atoms with Gasteiger partial charge in [-0.3, -0.25) is 4.79 Å². The molecular formula is C20H18Cl2O2S. The Morgan fingerprint density at radius 2 is 1.92 bits per heavy atom. The van der Waals surface area contributed by atoms with Crippen LogP contribution in [0.25, 0.3) is 16.7 Å². The molecule has 2 aromatic rings. The number of aryl methyl sites for hydroxylation is 1. The molecule has 1 heterocycles. The molecule has 1 saturated carbocycles. The lowest BCUT2D eigenvalue weighted by Gasteiger charge is -2.23. The highest BCUT2D eigenvalue weighted by molar-refractivity contribution is 7.20. The highest BCUT2D eigenvalue weighted by Gasteiger charge is 2.41. The summed E-state index contributed by atoms with van der Waals surface area (Å²) in [6.45, 7) is 2.06. The summed E-state index contributed by atoms with van der Waals surface area (Å²) in [7, 11) is 0.